The van der Waals surface area contributed by atoms with Crippen molar-refractivity contribution in [2.45, 2.75) is 322 Å². The van der Waals surface area contributed by atoms with E-state index in [9.17, 15) is 14.4 Å². The summed E-state index contributed by atoms with van der Waals surface area (Å²) in [6, 6.07) is 0. The first kappa shape index (κ1) is 71.6. The topological polar surface area (TPSA) is 78.9 Å². The summed E-state index contributed by atoms with van der Waals surface area (Å²) in [4.78, 5) is 38.3. The number of carbonyl (C=O) groups excluding carboxylic acids is 3. The van der Waals surface area contributed by atoms with Gasteiger partial charge in [0.15, 0.2) is 6.10 Å². The van der Waals surface area contributed by atoms with Gasteiger partial charge >= 0.3 is 17.9 Å². The molecule has 0 rings (SSSR count). The maximum atomic E-state index is 12.9. The molecular formula is C69H120O6. The Morgan fingerprint density at radius 2 is 0.533 bits per heavy atom. The van der Waals surface area contributed by atoms with E-state index >= 15 is 0 Å². The normalized spacial score (nSPS) is 12.6. The van der Waals surface area contributed by atoms with Crippen molar-refractivity contribution in [1.82, 2.24) is 0 Å². The molecule has 6 nitrogen and oxygen atoms in total. The molecule has 0 aliphatic rings. The third kappa shape index (κ3) is 61.3. The van der Waals surface area contributed by atoms with Crippen molar-refractivity contribution in [3.63, 3.8) is 0 Å². The molecule has 1 atom stereocenters. The van der Waals surface area contributed by atoms with Crippen LogP contribution in [0.5, 0.6) is 0 Å². The molecule has 0 heterocycles. The second-order valence-electron chi connectivity index (χ2n) is 21.3. The molecule has 75 heavy (non-hydrogen) atoms. The Kier molecular flexibility index (Phi) is 60.3. The van der Waals surface area contributed by atoms with Gasteiger partial charge in [-0.3, -0.25) is 14.4 Å². The largest absolute Gasteiger partial charge is 0.462 e. The van der Waals surface area contributed by atoms with E-state index in [1.54, 1.807) is 0 Å². The standard InChI is InChI=1S/C69H120O6/c1-4-7-10-13-16-19-22-25-28-30-31-32-33-34-35-36-37-39-41-44-47-50-53-56-59-62-68(71)74-65-66(64-73-67(70)61-58-55-52-49-46-43-40-27-24-21-18-15-12-9-6-3)75-69(72)63-60-57-54-51-48-45-42-38-29-26-23-20-17-14-11-8-5-2/h8,11,17,20,26-27,29-31,40,42,45,51,54,66H,4-7,9-10,12-16,18-19,21-25,28,32-39,41,43-44,46-50,52-53,55-65H2,1-3H3/b11-8-,20-17-,29-26-,31-30-,40-27-,45-42-,54-51-. The smallest absolute Gasteiger partial charge is 0.306 e. The van der Waals surface area contributed by atoms with E-state index in [-0.39, 0.29) is 37.5 Å². The van der Waals surface area contributed by atoms with Crippen molar-refractivity contribution >= 4 is 17.9 Å². The maximum Gasteiger partial charge on any atom is 0.306 e. The molecule has 6 heteroatoms. The Morgan fingerprint density at radius 3 is 0.867 bits per heavy atom. The number of unbranched alkanes of at least 4 members (excludes halogenated alkanes) is 33. The van der Waals surface area contributed by atoms with Crippen LogP contribution >= 0.6 is 0 Å². The molecule has 0 radical (unpaired) electrons. The van der Waals surface area contributed by atoms with Crippen LogP contribution in [0.1, 0.15) is 316 Å². The van der Waals surface area contributed by atoms with Gasteiger partial charge < -0.3 is 14.2 Å². The zero-order valence-corrected chi connectivity index (χ0v) is 49.6. The van der Waals surface area contributed by atoms with Gasteiger partial charge in [-0.25, -0.2) is 0 Å². The Bertz CT molecular complexity index is 1430. The molecule has 0 saturated carbocycles. The highest BCUT2D eigenvalue weighted by Gasteiger charge is 2.19. The third-order valence-corrected chi connectivity index (χ3v) is 13.9. The van der Waals surface area contributed by atoms with E-state index in [1.807, 2.05) is 0 Å². The van der Waals surface area contributed by atoms with Gasteiger partial charge in [-0.2, -0.15) is 0 Å². The highest BCUT2D eigenvalue weighted by Crippen LogP contribution is 2.16. The second-order valence-corrected chi connectivity index (χ2v) is 21.3. The van der Waals surface area contributed by atoms with Crippen LogP contribution in [0.3, 0.4) is 0 Å². The van der Waals surface area contributed by atoms with Crippen LogP contribution in [0, 0.1) is 0 Å². The Labute approximate surface area is 465 Å². The Morgan fingerprint density at radius 1 is 0.280 bits per heavy atom. The van der Waals surface area contributed by atoms with Gasteiger partial charge in [-0.15, -0.1) is 0 Å². The van der Waals surface area contributed by atoms with Gasteiger partial charge in [-0.1, -0.05) is 273 Å². The minimum absolute atomic E-state index is 0.100. The van der Waals surface area contributed by atoms with Crippen molar-refractivity contribution in [2.75, 3.05) is 13.2 Å². The number of carbonyl (C=O) groups is 3. The number of hydrogen-bond donors (Lipinski definition) is 0. The molecule has 0 aromatic carbocycles. The minimum atomic E-state index is -0.810. The monoisotopic (exact) mass is 1040 g/mol. The number of hydrogen-bond acceptors (Lipinski definition) is 6. The molecule has 0 aromatic heterocycles. The van der Waals surface area contributed by atoms with Gasteiger partial charge in [0.2, 0.25) is 0 Å². The average molecular weight is 1050 g/mol. The van der Waals surface area contributed by atoms with Crippen molar-refractivity contribution in [1.29, 1.82) is 0 Å². The molecule has 0 saturated heterocycles. The summed E-state index contributed by atoms with van der Waals surface area (Å²) in [5, 5.41) is 0. The molecule has 432 valence electrons. The maximum absolute atomic E-state index is 12.9. The number of ether oxygens (including phenoxy) is 3. The summed E-state index contributed by atoms with van der Waals surface area (Å²) in [7, 11) is 0. The lowest BCUT2D eigenvalue weighted by Gasteiger charge is -2.18. The van der Waals surface area contributed by atoms with E-state index in [2.05, 4.69) is 106 Å². The minimum Gasteiger partial charge on any atom is -0.462 e. The molecule has 0 amide bonds. The van der Waals surface area contributed by atoms with Crippen molar-refractivity contribution in [3.8, 4) is 0 Å². The molecule has 0 aliphatic carbocycles. The predicted molar refractivity (Wildman–Crippen MR) is 325 cm³/mol. The van der Waals surface area contributed by atoms with Crippen LogP contribution in [-0.4, -0.2) is 37.2 Å². The first-order valence-electron chi connectivity index (χ1n) is 32.1. The van der Waals surface area contributed by atoms with Gasteiger partial charge in [-0.05, 0) is 109 Å². The molecule has 0 bridgehead atoms. The van der Waals surface area contributed by atoms with Crippen LogP contribution in [0.15, 0.2) is 85.1 Å². The van der Waals surface area contributed by atoms with Gasteiger partial charge in [0.1, 0.15) is 13.2 Å². The van der Waals surface area contributed by atoms with E-state index in [0.717, 1.165) is 83.5 Å². The van der Waals surface area contributed by atoms with E-state index in [1.165, 1.54) is 186 Å². The van der Waals surface area contributed by atoms with Gasteiger partial charge in [0.05, 0.1) is 0 Å². The molecule has 0 fully saturated rings. The lowest BCUT2D eigenvalue weighted by molar-refractivity contribution is -0.167. The fraction of sp³-hybridized carbons (Fsp3) is 0.754. The Hall–Kier alpha value is -3.41. The van der Waals surface area contributed by atoms with E-state index < -0.39 is 6.10 Å². The molecule has 0 aliphatic heterocycles. The highest BCUT2D eigenvalue weighted by molar-refractivity contribution is 5.71. The molecular weight excluding hydrogens is 925 g/mol. The van der Waals surface area contributed by atoms with Gasteiger partial charge in [0.25, 0.3) is 0 Å². The van der Waals surface area contributed by atoms with E-state index in [4.69, 9.17) is 14.2 Å². The summed E-state index contributed by atoms with van der Waals surface area (Å²) in [6.45, 7) is 6.50. The first-order chi connectivity index (χ1) is 37.0. The summed E-state index contributed by atoms with van der Waals surface area (Å²) >= 11 is 0. The molecule has 1 unspecified atom stereocenters. The number of allylic oxidation sites excluding steroid dienone is 14. The zero-order valence-electron chi connectivity index (χ0n) is 49.6. The molecule has 0 N–H and O–H groups in total. The predicted octanol–water partition coefficient (Wildman–Crippen LogP) is 21.9. The molecule has 0 aromatic rings. The van der Waals surface area contributed by atoms with Crippen LogP contribution in [0.2, 0.25) is 0 Å². The summed E-state index contributed by atoms with van der Waals surface area (Å²) < 4.78 is 16.9. The van der Waals surface area contributed by atoms with Crippen molar-refractivity contribution in [2.24, 2.45) is 0 Å². The molecule has 0 spiro atoms. The van der Waals surface area contributed by atoms with E-state index in [0.29, 0.717) is 19.3 Å². The van der Waals surface area contributed by atoms with Gasteiger partial charge in [0, 0.05) is 19.3 Å². The van der Waals surface area contributed by atoms with Crippen LogP contribution in [0.25, 0.3) is 0 Å². The number of esters is 3. The SMILES string of the molecule is CC/C=C\C/C=C\C/C=C\C/C=C\C/C=C\CCCC(=O)OC(COC(=O)CCCCCCC/C=C\CCCCCCCC)COC(=O)CCCCCCCCCCCCCCC/C=C\CCCCCCCCCC. The van der Waals surface area contributed by atoms with Crippen molar-refractivity contribution < 1.29 is 28.6 Å². The lowest BCUT2D eigenvalue weighted by atomic mass is 10.0. The van der Waals surface area contributed by atoms with Crippen LogP contribution in [-0.2, 0) is 28.6 Å². The quantitative estimate of drug-likeness (QED) is 0.0261. The summed E-state index contributed by atoms with van der Waals surface area (Å²) in [5.74, 6) is -0.957. The fourth-order valence-corrected chi connectivity index (χ4v) is 9.06. The second kappa shape index (κ2) is 63.1. The number of rotatable bonds is 58. The fourth-order valence-electron chi connectivity index (χ4n) is 9.06. The van der Waals surface area contributed by atoms with Crippen molar-refractivity contribution in [3.05, 3.63) is 85.1 Å². The highest BCUT2D eigenvalue weighted by atomic mass is 16.6. The zero-order chi connectivity index (χ0) is 54.3. The Balaban J connectivity index is 4.36. The van der Waals surface area contributed by atoms with Crippen LogP contribution < -0.4 is 0 Å². The summed E-state index contributed by atoms with van der Waals surface area (Å²) in [5.41, 5.74) is 0. The third-order valence-electron chi connectivity index (χ3n) is 13.9. The average Bonchev–Trinajstić information content (AvgIpc) is 3.41. The lowest BCUT2D eigenvalue weighted by Crippen LogP contribution is -2.30. The first-order valence-corrected chi connectivity index (χ1v) is 32.1. The van der Waals surface area contributed by atoms with Crippen LogP contribution in [0.4, 0.5) is 0 Å². The summed E-state index contributed by atoms with van der Waals surface area (Å²) in [6.07, 6.45) is 83.2.